The van der Waals surface area contributed by atoms with Crippen LogP contribution in [-0.4, -0.2) is 22.8 Å². The summed E-state index contributed by atoms with van der Waals surface area (Å²) in [6.45, 7) is 7.49. The summed E-state index contributed by atoms with van der Waals surface area (Å²) in [6, 6.07) is 7.29. The summed E-state index contributed by atoms with van der Waals surface area (Å²) in [5.41, 5.74) is 0.424. The molecule has 0 saturated heterocycles. The lowest BCUT2D eigenvalue weighted by atomic mass is 9.95. The fourth-order valence-corrected chi connectivity index (χ4v) is 2.70. The Kier molecular flexibility index (Phi) is 4.81. The predicted molar refractivity (Wildman–Crippen MR) is 88.5 cm³/mol. The Bertz CT molecular complexity index is 655. The first kappa shape index (κ1) is 16.4. The third-order valence-electron chi connectivity index (χ3n) is 3.17. The van der Waals surface area contributed by atoms with E-state index in [4.69, 9.17) is 0 Å². The van der Waals surface area contributed by atoms with Crippen LogP contribution in [0.3, 0.4) is 0 Å². The van der Waals surface area contributed by atoms with E-state index < -0.39 is 11.5 Å². The number of para-hydroxylation sites is 1. The van der Waals surface area contributed by atoms with Gasteiger partial charge in [0.1, 0.15) is 11.0 Å². The second kappa shape index (κ2) is 6.44. The summed E-state index contributed by atoms with van der Waals surface area (Å²) in [5.74, 6) is -0.355. The number of hydrogen-bond donors (Lipinski definition) is 2. The second-order valence-electron chi connectivity index (χ2n) is 6.24. The van der Waals surface area contributed by atoms with Crippen LogP contribution in [-0.2, 0) is 16.1 Å². The smallest absolute Gasteiger partial charge is 0.242 e. The van der Waals surface area contributed by atoms with Gasteiger partial charge in [-0.15, -0.1) is 11.3 Å². The Morgan fingerprint density at radius 1 is 1.27 bits per heavy atom. The molecule has 1 atom stereocenters. The topological polar surface area (TPSA) is 71.1 Å². The molecule has 22 heavy (non-hydrogen) atoms. The molecule has 0 fully saturated rings. The Balaban J connectivity index is 1.90. The van der Waals surface area contributed by atoms with Gasteiger partial charge in [-0.25, -0.2) is 4.98 Å². The number of thiazole rings is 1. The van der Waals surface area contributed by atoms with Crippen LogP contribution in [0.1, 0.15) is 32.7 Å². The highest BCUT2D eigenvalue weighted by Crippen LogP contribution is 2.21. The molecule has 2 N–H and O–H groups in total. The molecule has 2 aromatic rings. The van der Waals surface area contributed by atoms with E-state index in [9.17, 15) is 9.59 Å². The zero-order valence-electron chi connectivity index (χ0n) is 13.3. The minimum Gasteiger partial charge on any atom is -0.348 e. The maximum atomic E-state index is 12.0. The van der Waals surface area contributed by atoms with Crippen LogP contribution in [0.25, 0.3) is 10.2 Å². The first-order chi connectivity index (χ1) is 10.3. The van der Waals surface area contributed by atoms with Gasteiger partial charge in [0.05, 0.1) is 16.8 Å². The molecule has 2 amide bonds. The third kappa shape index (κ3) is 4.04. The van der Waals surface area contributed by atoms with Crippen molar-refractivity contribution < 1.29 is 9.59 Å². The summed E-state index contributed by atoms with van der Waals surface area (Å²) >= 11 is 1.56. The van der Waals surface area contributed by atoms with E-state index in [1.807, 2.05) is 45.0 Å². The van der Waals surface area contributed by atoms with Crippen LogP contribution in [0.5, 0.6) is 0 Å². The normalized spacial score (nSPS) is 12.9. The highest BCUT2D eigenvalue weighted by Gasteiger charge is 2.25. The quantitative estimate of drug-likeness (QED) is 0.909. The number of fused-ring (bicyclic) bond motifs is 1. The van der Waals surface area contributed by atoms with Crippen LogP contribution >= 0.6 is 11.3 Å². The van der Waals surface area contributed by atoms with Crippen LogP contribution in [0, 0.1) is 5.41 Å². The number of amides is 2. The van der Waals surface area contributed by atoms with Crippen molar-refractivity contribution in [3.8, 4) is 0 Å². The lowest BCUT2D eigenvalue weighted by Gasteiger charge is -2.21. The maximum absolute atomic E-state index is 12.0. The van der Waals surface area contributed by atoms with Crippen molar-refractivity contribution in [2.24, 2.45) is 5.41 Å². The van der Waals surface area contributed by atoms with Crippen molar-refractivity contribution in [3.05, 3.63) is 29.3 Å². The van der Waals surface area contributed by atoms with E-state index in [1.165, 1.54) is 0 Å². The fourth-order valence-electron chi connectivity index (χ4n) is 1.79. The van der Waals surface area contributed by atoms with Gasteiger partial charge in [-0.05, 0) is 19.1 Å². The molecule has 0 spiro atoms. The molecule has 1 aromatic carbocycles. The van der Waals surface area contributed by atoms with Crippen molar-refractivity contribution in [2.45, 2.75) is 40.3 Å². The molecular weight excluding hydrogens is 298 g/mol. The monoisotopic (exact) mass is 319 g/mol. The Hall–Kier alpha value is -1.95. The Morgan fingerprint density at radius 2 is 1.95 bits per heavy atom. The van der Waals surface area contributed by atoms with Crippen molar-refractivity contribution in [3.63, 3.8) is 0 Å². The SMILES string of the molecule is CC(NC(=O)C(C)(C)C)C(=O)NCc1nc2ccccc2s1. The second-order valence-corrected chi connectivity index (χ2v) is 7.35. The average molecular weight is 319 g/mol. The van der Waals surface area contributed by atoms with Crippen LogP contribution in [0.2, 0.25) is 0 Å². The summed E-state index contributed by atoms with van der Waals surface area (Å²) in [4.78, 5) is 28.4. The molecule has 6 heteroatoms. The van der Waals surface area contributed by atoms with Gasteiger partial charge in [-0.3, -0.25) is 9.59 Å². The molecule has 118 valence electrons. The number of rotatable bonds is 4. The predicted octanol–water partition coefficient (Wildman–Crippen LogP) is 2.46. The number of hydrogen-bond acceptors (Lipinski definition) is 4. The third-order valence-corrected chi connectivity index (χ3v) is 4.21. The highest BCUT2D eigenvalue weighted by molar-refractivity contribution is 7.18. The summed E-state index contributed by atoms with van der Waals surface area (Å²) in [6.07, 6.45) is 0. The number of benzene rings is 1. The summed E-state index contributed by atoms with van der Waals surface area (Å²) in [5, 5.41) is 6.38. The number of nitrogens with zero attached hydrogens (tertiary/aromatic N) is 1. The van der Waals surface area contributed by atoms with Crippen LogP contribution < -0.4 is 10.6 Å². The molecule has 0 aliphatic rings. The molecule has 5 nitrogen and oxygen atoms in total. The minimum absolute atomic E-state index is 0.143. The van der Waals surface area contributed by atoms with E-state index in [0.29, 0.717) is 6.54 Å². The summed E-state index contributed by atoms with van der Waals surface area (Å²) < 4.78 is 1.10. The zero-order valence-corrected chi connectivity index (χ0v) is 14.1. The summed E-state index contributed by atoms with van der Waals surface area (Å²) in [7, 11) is 0. The van der Waals surface area contributed by atoms with Gasteiger partial charge >= 0.3 is 0 Å². The van der Waals surface area contributed by atoms with Gasteiger partial charge < -0.3 is 10.6 Å². The van der Waals surface area contributed by atoms with E-state index in [2.05, 4.69) is 15.6 Å². The van der Waals surface area contributed by atoms with Crippen molar-refractivity contribution in [1.82, 2.24) is 15.6 Å². The molecule has 1 heterocycles. The molecule has 2 rings (SSSR count). The van der Waals surface area contributed by atoms with Crippen molar-refractivity contribution in [1.29, 1.82) is 0 Å². The molecular formula is C16H21N3O2S. The average Bonchev–Trinajstić information content (AvgIpc) is 2.86. The van der Waals surface area contributed by atoms with E-state index in [0.717, 1.165) is 15.2 Å². The highest BCUT2D eigenvalue weighted by atomic mass is 32.1. The maximum Gasteiger partial charge on any atom is 0.242 e. The molecule has 0 aliphatic heterocycles. The molecule has 1 aromatic heterocycles. The van der Waals surface area contributed by atoms with Gasteiger partial charge in [0, 0.05) is 5.41 Å². The largest absolute Gasteiger partial charge is 0.348 e. The van der Waals surface area contributed by atoms with Gasteiger partial charge in [0.15, 0.2) is 0 Å². The van der Waals surface area contributed by atoms with E-state index >= 15 is 0 Å². The standard InChI is InChI=1S/C16H21N3O2S/c1-10(18-15(21)16(2,3)4)14(20)17-9-13-19-11-7-5-6-8-12(11)22-13/h5-8,10H,9H2,1-4H3,(H,17,20)(H,18,21). The zero-order chi connectivity index (χ0) is 16.3. The Morgan fingerprint density at radius 3 is 2.59 bits per heavy atom. The van der Waals surface area contributed by atoms with Crippen LogP contribution in [0.15, 0.2) is 24.3 Å². The van der Waals surface area contributed by atoms with Gasteiger partial charge in [-0.2, -0.15) is 0 Å². The molecule has 0 saturated carbocycles. The Labute approximate surface area is 134 Å². The van der Waals surface area contributed by atoms with Gasteiger partial charge in [0.25, 0.3) is 0 Å². The molecule has 0 radical (unpaired) electrons. The fraction of sp³-hybridized carbons (Fsp3) is 0.438. The van der Waals surface area contributed by atoms with Gasteiger partial charge in [0.2, 0.25) is 11.8 Å². The van der Waals surface area contributed by atoms with E-state index in [-0.39, 0.29) is 11.8 Å². The first-order valence-corrected chi connectivity index (χ1v) is 8.02. The molecule has 0 bridgehead atoms. The lowest BCUT2D eigenvalue weighted by Crippen LogP contribution is -2.48. The lowest BCUT2D eigenvalue weighted by molar-refractivity contribution is -0.133. The van der Waals surface area contributed by atoms with Gasteiger partial charge in [-0.1, -0.05) is 32.9 Å². The number of nitrogens with one attached hydrogen (secondary N) is 2. The first-order valence-electron chi connectivity index (χ1n) is 7.20. The minimum atomic E-state index is -0.568. The van der Waals surface area contributed by atoms with Crippen molar-refractivity contribution >= 4 is 33.4 Å². The van der Waals surface area contributed by atoms with E-state index in [1.54, 1.807) is 18.3 Å². The number of carbonyl (C=O) groups is 2. The number of carbonyl (C=O) groups excluding carboxylic acids is 2. The molecule has 0 aliphatic carbocycles. The molecule has 1 unspecified atom stereocenters. The van der Waals surface area contributed by atoms with Crippen molar-refractivity contribution in [2.75, 3.05) is 0 Å². The van der Waals surface area contributed by atoms with Crippen LogP contribution in [0.4, 0.5) is 0 Å². The number of aromatic nitrogens is 1.